The fourth-order valence-corrected chi connectivity index (χ4v) is 3.78. The lowest BCUT2D eigenvalue weighted by molar-refractivity contribution is -0.386. The molecule has 1 heterocycles. The minimum Gasteiger partial charge on any atom is -0.455 e. The van der Waals surface area contributed by atoms with Gasteiger partial charge in [0.05, 0.1) is 22.9 Å². The number of carbonyl (C=O) groups excluding carboxylic acids is 5. The van der Waals surface area contributed by atoms with Gasteiger partial charge in [-0.25, -0.2) is 4.79 Å². The Balaban J connectivity index is 1.45. The number of allylic oxidation sites excluding steroid dienone is 2. The quantitative estimate of drug-likeness (QED) is 0.137. The van der Waals surface area contributed by atoms with E-state index in [9.17, 15) is 34.1 Å². The molecule has 1 fully saturated rings. The second-order valence-corrected chi connectivity index (χ2v) is 8.45. The molecule has 1 unspecified atom stereocenters. The topological polar surface area (TPSA) is 162 Å². The van der Waals surface area contributed by atoms with Crippen molar-refractivity contribution >= 4 is 35.3 Å². The van der Waals surface area contributed by atoms with E-state index in [2.05, 4.69) is 5.32 Å². The SMILES string of the molecule is O=C(CCCCCC(=O)ON1C(=O)CCC1=O)NCC(OC(=O)C1C=CC=C1)c1ccccc1[N+](=O)[O-]. The minimum atomic E-state index is -1.06. The lowest BCUT2D eigenvalue weighted by Crippen LogP contribution is -2.32. The number of nitrogens with one attached hydrogen (secondary N) is 1. The van der Waals surface area contributed by atoms with Crippen LogP contribution in [-0.4, -0.2) is 46.2 Å². The van der Waals surface area contributed by atoms with Crippen LogP contribution in [-0.2, 0) is 33.5 Å². The Morgan fingerprint density at radius 1 is 1.03 bits per heavy atom. The van der Waals surface area contributed by atoms with Gasteiger partial charge in [0.1, 0.15) is 0 Å². The average molecular weight is 514 g/mol. The van der Waals surface area contributed by atoms with E-state index in [1.807, 2.05) is 0 Å². The molecule has 1 atom stereocenters. The van der Waals surface area contributed by atoms with Crippen molar-refractivity contribution in [3.05, 3.63) is 64.2 Å². The zero-order valence-corrected chi connectivity index (χ0v) is 20.0. The third-order valence-electron chi connectivity index (χ3n) is 5.73. The molecule has 1 aromatic carbocycles. The third kappa shape index (κ3) is 7.82. The minimum absolute atomic E-state index is 0.0154. The summed E-state index contributed by atoms with van der Waals surface area (Å²) >= 11 is 0. The van der Waals surface area contributed by atoms with E-state index in [-0.39, 0.29) is 49.4 Å². The van der Waals surface area contributed by atoms with Gasteiger partial charge in [-0.15, -0.1) is 5.06 Å². The normalized spacial score (nSPS) is 15.6. The van der Waals surface area contributed by atoms with Crippen LogP contribution in [0, 0.1) is 16.0 Å². The number of hydrogen-bond donors (Lipinski definition) is 1. The standard InChI is InChI=1S/C25H27N3O9/c29-21(12-2-1-3-13-24(32)37-27-22(30)14-15-23(27)31)26-16-20(36-25(33)17-8-4-5-9-17)18-10-6-7-11-19(18)28(34)35/h4-11,17,20H,1-3,12-16H2,(H,26,29). The number of nitro benzene ring substituents is 1. The molecule has 0 saturated carbocycles. The van der Waals surface area contributed by atoms with E-state index in [4.69, 9.17) is 9.57 Å². The zero-order chi connectivity index (χ0) is 26.8. The highest BCUT2D eigenvalue weighted by atomic mass is 16.7. The van der Waals surface area contributed by atoms with E-state index < -0.39 is 40.7 Å². The Morgan fingerprint density at radius 2 is 1.68 bits per heavy atom. The summed E-state index contributed by atoms with van der Waals surface area (Å²) in [4.78, 5) is 75.3. The molecule has 3 rings (SSSR count). The van der Waals surface area contributed by atoms with E-state index in [1.54, 1.807) is 30.4 Å². The molecule has 12 nitrogen and oxygen atoms in total. The van der Waals surface area contributed by atoms with Crippen molar-refractivity contribution in [1.29, 1.82) is 0 Å². The molecule has 0 aromatic heterocycles. The van der Waals surface area contributed by atoms with Crippen molar-refractivity contribution in [1.82, 2.24) is 10.4 Å². The predicted octanol–water partition coefficient (Wildman–Crippen LogP) is 2.60. The predicted molar refractivity (Wildman–Crippen MR) is 127 cm³/mol. The van der Waals surface area contributed by atoms with Gasteiger partial charge in [-0.3, -0.25) is 29.3 Å². The van der Waals surface area contributed by atoms with Crippen LogP contribution in [0.5, 0.6) is 0 Å². The first-order valence-electron chi connectivity index (χ1n) is 11.9. The largest absolute Gasteiger partial charge is 0.455 e. The number of nitro groups is 1. The maximum atomic E-state index is 12.5. The summed E-state index contributed by atoms with van der Waals surface area (Å²) < 4.78 is 5.54. The van der Waals surface area contributed by atoms with Gasteiger partial charge in [0.2, 0.25) is 5.91 Å². The number of nitrogens with zero attached hydrogens (tertiary/aromatic N) is 2. The summed E-state index contributed by atoms with van der Waals surface area (Å²) in [6.07, 6.45) is 7.07. The van der Waals surface area contributed by atoms with Crippen LogP contribution in [0.4, 0.5) is 5.69 Å². The first-order valence-corrected chi connectivity index (χ1v) is 11.9. The van der Waals surface area contributed by atoms with Gasteiger partial charge in [-0.1, -0.05) is 42.9 Å². The van der Waals surface area contributed by atoms with Gasteiger partial charge in [-0.2, -0.15) is 0 Å². The molecule has 1 aromatic rings. The number of benzene rings is 1. The van der Waals surface area contributed by atoms with Gasteiger partial charge in [-0.05, 0) is 18.9 Å². The molecule has 1 N–H and O–H groups in total. The molecule has 0 radical (unpaired) electrons. The molecule has 1 aliphatic carbocycles. The van der Waals surface area contributed by atoms with Crippen LogP contribution in [0.15, 0.2) is 48.6 Å². The van der Waals surface area contributed by atoms with Gasteiger partial charge >= 0.3 is 11.9 Å². The summed E-state index contributed by atoms with van der Waals surface area (Å²) in [5.41, 5.74) is -0.0585. The highest BCUT2D eigenvalue weighted by Crippen LogP contribution is 2.28. The monoisotopic (exact) mass is 513 g/mol. The van der Waals surface area contributed by atoms with Crippen molar-refractivity contribution in [2.45, 2.75) is 51.0 Å². The number of hydrogen-bond acceptors (Lipinski definition) is 9. The molecule has 1 aliphatic heterocycles. The molecule has 0 spiro atoms. The van der Waals surface area contributed by atoms with Crippen molar-refractivity contribution in [3.63, 3.8) is 0 Å². The first-order chi connectivity index (χ1) is 17.8. The van der Waals surface area contributed by atoms with Gasteiger partial charge in [0.15, 0.2) is 6.10 Å². The molecule has 2 aliphatic rings. The van der Waals surface area contributed by atoms with Crippen LogP contribution >= 0.6 is 0 Å². The number of rotatable bonds is 13. The lowest BCUT2D eigenvalue weighted by atomic mass is 10.1. The Morgan fingerprint density at radius 3 is 2.35 bits per heavy atom. The van der Waals surface area contributed by atoms with Crippen LogP contribution in [0.1, 0.15) is 56.6 Å². The summed E-state index contributed by atoms with van der Waals surface area (Å²) in [6.45, 7) is -0.153. The Hall–Kier alpha value is -4.35. The number of hydroxylamine groups is 2. The summed E-state index contributed by atoms with van der Waals surface area (Å²) in [5.74, 6) is -3.33. The summed E-state index contributed by atoms with van der Waals surface area (Å²) in [7, 11) is 0. The van der Waals surface area contributed by atoms with Crippen molar-refractivity contribution in [2.75, 3.05) is 6.54 Å². The number of ether oxygens (including phenoxy) is 1. The average Bonchev–Trinajstić information content (AvgIpc) is 3.52. The highest BCUT2D eigenvalue weighted by Gasteiger charge is 2.32. The zero-order valence-electron chi connectivity index (χ0n) is 20.0. The maximum absolute atomic E-state index is 12.5. The second kappa shape index (κ2) is 13.1. The fraction of sp³-hybridized carbons (Fsp3) is 0.400. The number of imide groups is 1. The number of amides is 3. The molecule has 12 heteroatoms. The van der Waals surface area contributed by atoms with Crippen molar-refractivity contribution in [3.8, 4) is 0 Å². The van der Waals surface area contributed by atoms with Crippen molar-refractivity contribution in [2.24, 2.45) is 5.92 Å². The smallest absolute Gasteiger partial charge is 0.333 e. The number of carbonyl (C=O) groups is 5. The lowest BCUT2D eigenvalue weighted by Gasteiger charge is -2.20. The third-order valence-corrected chi connectivity index (χ3v) is 5.73. The summed E-state index contributed by atoms with van der Waals surface area (Å²) in [6, 6.07) is 5.86. The Bertz CT molecular complexity index is 1100. The fourth-order valence-electron chi connectivity index (χ4n) is 3.78. The van der Waals surface area contributed by atoms with Gasteiger partial charge in [0, 0.05) is 31.7 Å². The van der Waals surface area contributed by atoms with E-state index in [0.29, 0.717) is 24.3 Å². The van der Waals surface area contributed by atoms with E-state index >= 15 is 0 Å². The van der Waals surface area contributed by atoms with Crippen molar-refractivity contribution < 1.29 is 38.5 Å². The Kier molecular flexibility index (Phi) is 9.64. The number of unbranched alkanes of at least 4 members (excludes halogenated alkanes) is 2. The molecule has 37 heavy (non-hydrogen) atoms. The van der Waals surface area contributed by atoms with Crippen LogP contribution < -0.4 is 5.32 Å². The Labute approximate surface area is 212 Å². The van der Waals surface area contributed by atoms with Crippen LogP contribution in [0.25, 0.3) is 0 Å². The summed E-state index contributed by atoms with van der Waals surface area (Å²) in [5, 5.41) is 14.6. The first kappa shape index (κ1) is 27.2. The maximum Gasteiger partial charge on any atom is 0.333 e. The highest BCUT2D eigenvalue weighted by molar-refractivity contribution is 6.01. The molecule has 196 valence electrons. The second-order valence-electron chi connectivity index (χ2n) is 8.45. The van der Waals surface area contributed by atoms with Crippen LogP contribution in [0.3, 0.4) is 0 Å². The molecular formula is C25H27N3O9. The number of esters is 1. The molecule has 1 saturated heterocycles. The van der Waals surface area contributed by atoms with Gasteiger partial charge in [0.25, 0.3) is 17.5 Å². The van der Waals surface area contributed by atoms with E-state index in [1.165, 1.54) is 18.2 Å². The molecule has 3 amide bonds. The van der Waals surface area contributed by atoms with E-state index in [0.717, 1.165) is 0 Å². The van der Waals surface area contributed by atoms with Gasteiger partial charge < -0.3 is 14.9 Å². The van der Waals surface area contributed by atoms with Crippen LogP contribution in [0.2, 0.25) is 0 Å². The molecular weight excluding hydrogens is 486 g/mol. The molecule has 0 bridgehead atoms. The number of para-hydroxylation sites is 1.